The van der Waals surface area contributed by atoms with Crippen LogP contribution in [0.3, 0.4) is 0 Å². The largest absolute Gasteiger partial charge is 0.343 e. The molecule has 2 aromatic carbocycles. The molecule has 0 amide bonds. The van der Waals surface area contributed by atoms with Crippen molar-refractivity contribution in [3.63, 3.8) is 0 Å². The van der Waals surface area contributed by atoms with Crippen molar-refractivity contribution >= 4 is 7.60 Å². The number of rotatable bonds is 6. The van der Waals surface area contributed by atoms with Gasteiger partial charge in [-0.2, -0.15) is 0 Å². The molecule has 3 nitrogen and oxygen atoms in total. The fourth-order valence-corrected chi connectivity index (χ4v) is 6.62. The molecule has 0 aromatic heterocycles. The summed E-state index contributed by atoms with van der Waals surface area (Å²) in [5, 5.41) is -1.36. The Labute approximate surface area is 158 Å². The molecular formula is C21H25F2O3P. The number of halogens is 2. The molecule has 1 atom stereocenters. The van der Waals surface area contributed by atoms with E-state index in [4.69, 9.17) is 4.52 Å². The van der Waals surface area contributed by atoms with Crippen LogP contribution in [0.15, 0.2) is 48.5 Å². The van der Waals surface area contributed by atoms with E-state index in [1.54, 1.807) is 31.2 Å². The molecule has 1 N–H and O–H groups in total. The molecule has 0 saturated heterocycles. The minimum absolute atomic E-state index is 0.0740. The number of benzene rings is 2. The first kappa shape index (κ1) is 20.2. The second-order valence-corrected chi connectivity index (χ2v) is 9.06. The first-order valence-corrected chi connectivity index (χ1v) is 11.0. The predicted octanol–water partition coefficient (Wildman–Crippen LogP) is 6.01. The quantitative estimate of drug-likeness (QED) is 0.610. The van der Waals surface area contributed by atoms with Gasteiger partial charge in [-0.25, -0.2) is 8.78 Å². The molecule has 1 fully saturated rings. The lowest BCUT2D eigenvalue weighted by Gasteiger charge is -2.45. The van der Waals surface area contributed by atoms with Crippen molar-refractivity contribution in [3.05, 3.63) is 71.3 Å². The Morgan fingerprint density at radius 3 is 1.81 bits per heavy atom. The van der Waals surface area contributed by atoms with Gasteiger partial charge in [-0.1, -0.05) is 43.5 Å². The summed E-state index contributed by atoms with van der Waals surface area (Å²) in [7, 11) is -4.22. The van der Waals surface area contributed by atoms with Crippen LogP contribution < -0.4 is 0 Å². The van der Waals surface area contributed by atoms with E-state index < -0.39 is 24.4 Å². The van der Waals surface area contributed by atoms with Gasteiger partial charge in [0, 0.05) is 0 Å². The molecule has 0 bridgehead atoms. The molecule has 27 heavy (non-hydrogen) atoms. The van der Waals surface area contributed by atoms with E-state index in [-0.39, 0.29) is 12.5 Å². The Kier molecular flexibility index (Phi) is 6.15. The molecule has 1 unspecified atom stereocenters. The second kappa shape index (κ2) is 8.22. The van der Waals surface area contributed by atoms with Gasteiger partial charge in [0.1, 0.15) is 16.8 Å². The minimum atomic E-state index is -4.22. The van der Waals surface area contributed by atoms with Gasteiger partial charge in [0.25, 0.3) is 0 Å². The van der Waals surface area contributed by atoms with E-state index in [9.17, 15) is 18.2 Å². The van der Waals surface area contributed by atoms with E-state index in [1.807, 2.05) is 0 Å². The third-order valence-electron chi connectivity index (χ3n) is 5.51. The minimum Gasteiger partial charge on any atom is -0.323 e. The Morgan fingerprint density at radius 2 is 1.41 bits per heavy atom. The summed E-state index contributed by atoms with van der Waals surface area (Å²) < 4.78 is 46.3. The zero-order valence-corrected chi connectivity index (χ0v) is 16.3. The van der Waals surface area contributed by atoms with Crippen molar-refractivity contribution < 1.29 is 22.8 Å². The first-order chi connectivity index (χ1) is 12.9. The van der Waals surface area contributed by atoms with Gasteiger partial charge in [0.05, 0.1) is 6.61 Å². The summed E-state index contributed by atoms with van der Waals surface area (Å²) in [4.78, 5) is 11.2. The molecule has 6 heteroatoms. The van der Waals surface area contributed by atoms with Crippen LogP contribution in [0.25, 0.3) is 0 Å². The highest BCUT2D eigenvalue weighted by molar-refractivity contribution is 7.54. The first-order valence-electron chi connectivity index (χ1n) is 9.41. The zero-order chi connectivity index (χ0) is 19.5. The summed E-state index contributed by atoms with van der Waals surface area (Å²) in [6, 6.07) is 11.4. The van der Waals surface area contributed by atoms with Crippen molar-refractivity contribution in [2.24, 2.45) is 5.92 Å². The van der Waals surface area contributed by atoms with Crippen LogP contribution in [0.4, 0.5) is 8.78 Å². The highest BCUT2D eigenvalue weighted by Crippen LogP contribution is 2.69. The molecule has 0 radical (unpaired) electrons. The van der Waals surface area contributed by atoms with E-state index in [1.165, 1.54) is 24.3 Å². The molecule has 0 spiro atoms. The third-order valence-corrected chi connectivity index (χ3v) is 7.90. The highest BCUT2D eigenvalue weighted by atomic mass is 31.2. The van der Waals surface area contributed by atoms with Crippen LogP contribution in [0.5, 0.6) is 0 Å². The lowest BCUT2D eigenvalue weighted by atomic mass is 9.72. The lowest BCUT2D eigenvalue weighted by molar-refractivity contribution is 0.209. The number of hydrogen-bond acceptors (Lipinski definition) is 2. The Hall–Kier alpha value is -1.55. The smallest absolute Gasteiger partial charge is 0.323 e. The van der Waals surface area contributed by atoms with E-state index in [2.05, 4.69) is 0 Å². The predicted molar refractivity (Wildman–Crippen MR) is 102 cm³/mol. The van der Waals surface area contributed by atoms with Crippen molar-refractivity contribution in [2.45, 2.75) is 44.2 Å². The molecule has 1 aliphatic carbocycles. The zero-order valence-electron chi connectivity index (χ0n) is 15.4. The normalized spacial score (nSPS) is 18.2. The van der Waals surface area contributed by atoms with Crippen molar-refractivity contribution in [3.8, 4) is 0 Å². The highest BCUT2D eigenvalue weighted by Gasteiger charge is 2.56. The van der Waals surface area contributed by atoms with Crippen LogP contribution in [0, 0.1) is 17.6 Å². The standard InChI is InChI=1S/C21H25F2O3P/c1-2-26-27(24,25)21(16-6-4-3-5-7-16,17-8-12-19(22)13-9-17)18-10-14-20(23)15-11-18/h8-16H,2-7H2,1H3,(H,24,25). The molecule has 0 heterocycles. The van der Waals surface area contributed by atoms with E-state index in [0.717, 1.165) is 32.1 Å². The van der Waals surface area contributed by atoms with Gasteiger partial charge >= 0.3 is 7.60 Å². The SMILES string of the molecule is CCOP(=O)(O)C(c1ccc(F)cc1)(c1ccc(F)cc1)C1CCCCC1. The average molecular weight is 394 g/mol. The van der Waals surface area contributed by atoms with Crippen LogP contribution >= 0.6 is 7.60 Å². The summed E-state index contributed by atoms with van der Waals surface area (Å²) in [6.45, 7) is 1.74. The fraction of sp³-hybridized carbons (Fsp3) is 0.429. The molecule has 2 aromatic rings. The van der Waals surface area contributed by atoms with Crippen molar-refractivity contribution in [1.82, 2.24) is 0 Å². The monoisotopic (exact) mass is 394 g/mol. The van der Waals surface area contributed by atoms with Gasteiger partial charge in [-0.05, 0) is 61.1 Å². The van der Waals surface area contributed by atoms with Gasteiger partial charge in [-0.3, -0.25) is 4.57 Å². The van der Waals surface area contributed by atoms with E-state index >= 15 is 0 Å². The second-order valence-electron chi connectivity index (χ2n) is 7.05. The van der Waals surface area contributed by atoms with Crippen molar-refractivity contribution in [2.75, 3.05) is 6.61 Å². The molecule has 146 valence electrons. The molecule has 0 aliphatic heterocycles. The number of hydrogen-bond donors (Lipinski definition) is 1. The maximum absolute atomic E-state index is 13.7. The summed E-state index contributed by atoms with van der Waals surface area (Å²) in [5.41, 5.74) is 1.06. The topological polar surface area (TPSA) is 46.5 Å². The molecule has 1 aliphatic rings. The van der Waals surface area contributed by atoms with Gasteiger partial charge in [0.15, 0.2) is 0 Å². The van der Waals surface area contributed by atoms with Crippen LogP contribution in [0.1, 0.15) is 50.2 Å². The lowest BCUT2D eigenvalue weighted by Crippen LogP contribution is -2.38. The third kappa shape index (κ3) is 3.73. The Balaban J connectivity index is 2.30. The van der Waals surface area contributed by atoms with Crippen molar-refractivity contribution in [1.29, 1.82) is 0 Å². The van der Waals surface area contributed by atoms with Gasteiger partial charge < -0.3 is 9.42 Å². The van der Waals surface area contributed by atoms with Crippen LogP contribution in [-0.2, 0) is 14.2 Å². The summed E-state index contributed by atoms with van der Waals surface area (Å²) in [5.74, 6) is -0.997. The molecule has 1 saturated carbocycles. The fourth-order valence-electron chi connectivity index (χ4n) is 4.40. The average Bonchev–Trinajstić information content (AvgIpc) is 2.66. The van der Waals surface area contributed by atoms with Crippen LogP contribution in [0.2, 0.25) is 0 Å². The maximum Gasteiger partial charge on any atom is 0.343 e. The van der Waals surface area contributed by atoms with Crippen LogP contribution in [-0.4, -0.2) is 11.5 Å². The maximum atomic E-state index is 13.7. The summed E-state index contributed by atoms with van der Waals surface area (Å²) >= 11 is 0. The molecular weight excluding hydrogens is 369 g/mol. The van der Waals surface area contributed by atoms with E-state index in [0.29, 0.717) is 11.1 Å². The van der Waals surface area contributed by atoms with Gasteiger partial charge in [-0.15, -0.1) is 0 Å². The Morgan fingerprint density at radius 1 is 0.963 bits per heavy atom. The Bertz CT molecular complexity index is 754. The summed E-state index contributed by atoms with van der Waals surface area (Å²) in [6.07, 6.45) is 4.48. The molecule has 3 rings (SSSR count). The van der Waals surface area contributed by atoms with Gasteiger partial charge in [0.2, 0.25) is 0 Å².